The van der Waals surface area contributed by atoms with E-state index >= 15 is 0 Å². The molecule has 0 radical (unpaired) electrons. The summed E-state index contributed by atoms with van der Waals surface area (Å²) >= 11 is 0. The van der Waals surface area contributed by atoms with Gasteiger partial charge in [0.05, 0.1) is 0 Å². The van der Waals surface area contributed by atoms with Gasteiger partial charge < -0.3 is 18.1 Å². The first-order valence-electron chi connectivity index (χ1n) is 27.6. The topological polar surface area (TPSA) is 19.7 Å². The minimum Gasteiger partial charge on any atom is -0.393 e. The summed E-state index contributed by atoms with van der Waals surface area (Å²) in [5.41, 5.74) is 25.0. The highest BCUT2D eigenvalue weighted by molar-refractivity contribution is 6.23. The van der Waals surface area contributed by atoms with Gasteiger partial charge in [0, 0.05) is 100 Å². The first-order valence-corrected chi connectivity index (χ1v) is 27.6. The van der Waals surface area contributed by atoms with Gasteiger partial charge in [-0.25, -0.2) is 0 Å². The highest BCUT2D eigenvalue weighted by atomic mass is 15.0. The van der Waals surface area contributed by atoms with Gasteiger partial charge in [0.25, 0.3) is 0 Å². The number of unbranched alkanes of at least 4 members (excludes halogenated alkanes) is 2. The Labute approximate surface area is 446 Å². The minimum absolute atomic E-state index is 1.01. The quantitative estimate of drug-likeness (QED) is 0.115. The van der Waals surface area contributed by atoms with Gasteiger partial charge in [0.2, 0.25) is 16.0 Å². The van der Waals surface area contributed by atoms with Gasteiger partial charge in [-0.1, -0.05) is 124 Å². The van der Waals surface area contributed by atoms with Crippen LogP contribution in [0.5, 0.6) is 0 Å². The molecule has 0 aliphatic rings. The zero-order valence-electron chi connectivity index (χ0n) is 44.5. The highest BCUT2D eigenvalue weighted by Gasteiger charge is 2.21. The molecule has 0 N–H and O–H groups in total. The first-order chi connectivity index (χ1) is 37.3. The Balaban J connectivity index is 1.04. The van der Waals surface area contributed by atoms with E-state index in [2.05, 4.69) is 256 Å². The molecule has 4 heterocycles. The van der Waals surface area contributed by atoms with E-state index in [1.54, 1.807) is 0 Å². The van der Waals surface area contributed by atoms with E-state index in [-0.39, 0.29) is 0 Å². The molecule has 0 saturated heterocycles. The summed E-state index contributed by atoms with van der Waals surface area (Å²) in [5, 5.41) is 10.4. The molecule has 0 atom stereocenters. The number of benzene rings is 10. The second-order valence-corrected chi connectivity index (χ2v) is 21.5. The largest absolute Gasteiger partial charge is 0.393 e. The lowest BCUT2D eigenvalue weighted by Crippen LogP contribution is -1.97. The lowest BCUT2D eigenvalue weighted by atomic mass is 9.84. The molecular weight excluding hydrogens is 918 g/mol. The van der Waals surface area contributed by atoms with Crippen molar-refractivity contribution < 1.29 is 0 Å². The molecule has 0 spiro atoms. The van der Waals surface area contributed by atoms with Gasteiger partial charge in [-0.05, 0) is 191 Å². The Bertz CT molecular complexity index is 4380. The molecule has 0 amide bonds. The van der Waals surface area contributed by atoms with E-state index in [4.69, 9.17) is 0 Å². The molecule has 366 valence electrons. The van der Waals surface area contributed by atoms with Crippen molar-refractivity contribution >= 4 is 103 Å². The molecule has 0 aliphatic heterocycles. The van der Waals surface area contributed by atoms with E-state index in [1.807, 2.05) is 0 Å². The molecule has 10 aromatic carbocycles. The minimum atomic E-state index is 1.01. The average molecular weight is 979 g/mol. The van der Waals surface area contributed by atoms with Crippen LogP contribution in [-0.4, -0.2) is 34.1 Å². The zero-order valence-corrected chi connectivity index (χ0v) is 44.5. The summed E-state index contributed by atoms with van der Waals surface area (Å²) in [6.45, 7) is 11.3. The maximum atomic E-state index is 2.54. The standard InChI is InChI=1S/C70H60B2N4/c1-5-7-33-73-63-21-13-9-17-51(63)59-35-45(25-29-65(59)73)55-39-49(40-56(43(55)3)46-26-30-66-60(36-46)52-18-10-14-22-64(52)74(66)34-8-6-2)50-41-57(47-27-31-69-61(37-47)53-19-11-15-23-67(53)75(69)71)44(4)58(42-50)48-28-32-70-62(38-48)54-20-12-16-24-68(54)76(70)72/h9-32,35-42H,5-8,33-34,71-72H2,1-4H3. The van der Waals surface area contributed by atoms with Gasteiger partial charge in [-0.2, -0.15) is 0 Å². The number of hydrogen-bond donors (Lipinski definition) is 0. The fraction of sp³-hybridized carbons (Fsp3) is 0.143. The van der Waals surface area contributed by atoms with Crippen LogP contribution in [0.4, 0.5) is 0 Å². The van der Waals surface area contributed by atoms with Crippen molar-refractivity contribution in [1.29, 1.82) is 0 Å². The molecule has 0 saturated carbocycles. The molecule has 4 aromatic heterocycles. The molecule has 0 fully saturated rings. The molecular formula is C70H60B2N4. The lowest BCUT2D eigenvalue weighted by molar-refractivity contribution is 0.665. The first kappa shape index (κ1) is 46.1. The van der Waals surface area contributed by atoms with Gasteiger partial charge in [0.15, 0.2) is 0 Å². The lowest BCUT2D eigenvalue weighted by Gasteiger charge is -2.20. The second kappa shape index (κ2) is 18.1. The maximum Gasteiger partial charge on any atom is 0.223 e. The molecule has 14 aromatic rings. The number of para-hydroxylation sites is 4. The predicted molar refractivity (Wildman–Crippen MR) is 333 cm³/mol. The molecule has 0 unspecified atom stereocenters. The number of rotatable bonds is 11. The number of fused-ring (bicyclic) bond motifs is 12. The van der Waals surface area contributed by atoms with E-state index in [9.17, 15) is 0 Å². The third-order valence-electron chi connectivity index (χ3n) is 17.2. The van der Waals surface area contributed by atoms with Crippen LogP contribution in [0.1, 0.15) is 50.7 Å². The normalized spacial score (nSPS) is 12.1. The van der Waals surface area contributed by atoms with Gasteiger partial charge >= 0.3 is 0 Å². The van der Waals surface area contributed by atoms with Crippen LogP contribution in [0.25, 0.3) is 143 Å². The summed E-state index contributed by atoms with van der Waals surface area (Å²) in [5.74, 6) is 0. The molecule has 6 heteroatoms. The van der Waals surface area contributed by atoms with Crippen LogP contribution in [0.2, 0.25) is 0 Å². The fourth-order valence-electron chi connectivity index (χ4n) is 13.2. The molecule has 14 rings (SSSR count). The summed E-state index contributed by atoms with van der Waals surface area (Å²) in [7, 11) is 4.38. The van der Waals surface area contributed by atoms with E-state index < -0.39 is 0 Å². The van der Waals surface area contributed by atoms with Crippen LogP contribution in [0.3, 0.4) is 0 Å². The summed E-state index contributed by atoms with van der Waals surface area (Å²) in [4.78, 5) is 0. The molecule has 0 bridgehead atoms. The Hall–Kier alpha value is -8.47. The Morgan fingerprint density at radius 1 is 0.289 bits per heavy atom. The van der Waals surface area contributed by atoms with E-state index in [0.717, 1.165) is 38.8 Å². The van der Waals surface area contributed by atoms with Crippen LogP contribution in [-0.2, 0) is 13.1 Å². The smallest absolute Gasteiger partial charge is 0.223 e. The van der Waals surface area contributed by atoms with Crippen molar-refractivity contribution in [3.8, 4) is 55.6 Å². The summed E-state index contributed by atoms with van der Waals surface area (Å²) < 4.78 is 9.75. The summed E-state index contributed by atoms with van der Waals surface area (Å²) in [6, 6.07) is 74.3. The fourth-order valence-corrected chi connectivity index (χ4v) is 13.2. The SMILES string of the molecule is Bn1c2ccccc2c2cc(-c3cc(-c4cc(-c5ccc6c(c5)c5ccccc5n6CCCC)c(C)c(-c5ccc6c(c5)c5ccccc5n6CCCC)c4)cc(-c4ccc5c(c4)c4ccccc4n5B)c3C)ccc21. The second-order valence-electron chi connectivity index (χ2n) is 21.5. The van der Waals surface area contributed by atoms with Crippen molar-refractivity contribution in [2.24, 2.45) is 0 Å². The zero-order chi connectivity index (χ0) is 51.3. The Morgan fingerprint density at radius 3 is 0.895 bits per heavy atom. The number of hydrogen-bond acceptors (Lipinski definition) is 0. The Morgan fingerprint density at radius 2 is 0.553 bits per heavy atom. The highest BCUT2D eigenvalue weighted by Crippen LogP contribution is 2.45. The van der Waals surface area contributed by atoms with Gasteiger partial charge in [-0.3, -0.25) is 0 Å². The number of nitrogens with zero attached hydrogens (tertiary/aromatic N) is 4. The van der Waals surface area contributed by atoms with Crippen molar-refractivity contribution in [3.05, 3.63) is 205 Å². The average Bonchev–Trinajstić information content (AvgIpc) is 4.16. The van der Waals surface area contributed by atoms with E-state index in [1.165, 1.54) is 154 Å². The van der Waals surface area contributed by atoms with Crippen LogP contribution < -0.4 is 0 Å². The third-order valence-corrected chi connectivity index (χ3v) is 17.2. The number of aryl methyl sites for hydroxylation is 2. The molecule has 4 nitrogen and oxygen atoms in total. The molecule has 76 heavy (non-hydrogen) atoms. The predicted octanol–water partition coefficient (Wildman–Crippen LogP) is 17.5. The van der Waals surface area contributed by atoms with Crippen LogP contribution in [0, 0.1) is 13.8 Å². The monoisotopic (exact) mass is 979 g/mol. The van der Waals surface area contributed by atoms with E-state index in [0.29, 0.717) is 0 Å². The van der Waals surface area contributed by atoms with Crippen molar-refractivity contribution in [2.75, 3.05) is 0 Å². The Kier molecular flexibility index (Phi) is 11.0. The van der Waals surface area contributed by atoms with Gasteiger partial charge in [-0.15, -0.1) is 0 Å². The van der Waals surface area contributed by atoms with Crippen LogP contribution in [0.15, 0.2) is 194 Å². The molecule has 0 aliphatic carbocycles. The van der Waals surface area contributed by atoms with Gasteiger partial charge in [0.1, 0.15) is 0 Å². The van der Waals surface area contributed by atoms with Crippen molar-refractivity contribution in [2.45, 2.75) is 66.5 Å². The summed E-state index contributed by atoms with van der Waals surface area (Å²) in [6.07, 6.45) is 4.61. The van der Waals surface area contributed by atoms with Crippen molar-refractivity contribution in [1.82, 2.24) is 18.1 Å². The number of aromatic nitrogens is 4. The maximum absolute atomic E-state index is 2.54. The van der Waals surface area contributed by atoms with Crippen molar-refractivity contribution in [3.63, 3.8) is 0 Å². The van der Waals surface area contributed by atoms with Crippen LogP contribution >= 0.6 is 0 Å². The third kappa shape index (κ3) is 7.14.